The van der Waals surface area contributed by atoms with Crippen LogP contribution in [0, 0.1) is 0 Å². The molecule has 0 radical (unpaired) electrons. The molecule has 0 aliphatic heterocycles. The monoisotopic (exact) mass is 197 g/mol. The standard InChI is InChI=1S/C10H13O2P/c1-10(2,3)8-4-6-9(7-5-8)13(11)12/h4-7H,1-3H3/p+1. The lowest BCUT2D eigenvalue weighted by molar-refractivity contribution is 0.513. The highest BCUT2D eigenvalue weighted by atomic mass is 31.1. The Kier molecular flexibility index (Phi) is 2.84. The lowest BCUT2D eigenvalue weighted by Gasteiger charge is -2.18. The SMILES string of the molecule is CC(C)(C)c1ccc([P+](=O)O)cc1. The predicted molar refractivity (Wildman–Crippen MR) is 54.6 cm³/mol. The number of hydrogen-bond donors (Lipinski definition) is 1. The summed E-state index contributed by atoms with van der Waals surface area (Å²) in [5, 5.41) is 0.489. The van der Waals surface area contributed by atoms with Crippen molar-refractivity contribution in [3.63, 3.8) is 0 Å². The zero-order valence-corrected chi connectivity index (χ0v) is 9.01. The molecular formula is C10H14O2P+. The van der Waals surface area contributed by atoms with Crippen LogP contribution in [-0.4, -0.2) is 4.89 Å². The van der Waals surface area contributed by atoms with E-state index in [1.165, 1.54) is 5.56 Å². The highest BCUT2D eigenvalue weighted by Crippen LogP contribution is 2.22. The van der Waals surface area contributed by atoms with E-state index in [0.29, 0.717) is 5.30 Å². The summed E-state index contributed by atoms with van der Waals surface area (Å²) in [6.07, 6.45) is 0. The second-order valence-electron chi connectivity index (χ2n) is 4.07. The highest BCUT2D eigenvalue weighted by molar-refractivity contribution is 7.47. The van der Waals surface area contributed by atoms with Crippen LogP contribution in [0.15, 0.2) is 24.3 Å². The summed E-state index contributed by atoms with van der Waals surface area (Å²) in [5.74, 6) is 0. The Balaban J connectivity index is 3.01. The highest BCUT2D eigenvalue weighted by Gasteiger charge is 2.18. The summed E-state index contributed by atoms with van der Waals surface area (Å²) in [7, 11) is -2.19. The minimum Gasteiger partial charge on any atom is -0.156 e. The molecule has 0 aliphatic rings. The van der Waals surface area contributed by atoms with Gasteiger partial charge in [0.2, 0.25) is 5.30 Å². The largest absolute Gasteiger partial charge is 0.546 e. The van der Waals surface area contributed by atoms with Crippen molar-refractivity contribution in [1.82, 2.24) is 0 Å². The van der Waals surface area contributed by atoms with Gasteiger partial charge in [0.15, 0.2) is 0 Å². The summed E-state index contributed by atoms with van der Waals surface area (Å²) in [6, 6.07) is 7.22. The predicted octanol–water partition coefficient (Wildman–Crippen LogP) is 2.34. The Morgan fingerprint density at radius 1 is 1.15 bits per heavy atom. The molecule has 1 aromatic carbocycles. The van der Waals surface area contributed by atoms with Gasteiger partial charge in [-0.3, -0.25) is 0 Å². The molecule has 0 saturated carbocycles. The van der Waals surface area contributed by atoms with Crippen molar-refractivity contribution >= 4 is 13.3 Å². The van der Waals surface area contributed by atoms with Crippen LogP contribution in [0.25, 0.3) is 0 Å². The molecule has 1 rings (SSSR count). The first-order chi connectivity index (χ1) is 5.91. The molecule has 0 amide bonds. The summed E-state index contributed by atoms with van der Waals surface area (Å²) in [6.45, 7) is 6.34. The van der Waals surface area contributed by atoms with Gasteiger partial charge in [-0.2, -0.15) is 4.89 Å². The Bertz CT molecular complexity index is 309. The smallest absolute Gasteiger partial charge is 0.156 e. The van der Waals surface area contributed by atoms with Crippen molar-refractivity contribution in [3.05, 3.63) is 29.8 Å². The molecule has 1 aromatic rings. The fourth-order valence-corrected chi connectivity index (χ4v) is 1.49. The van der Waals surface area contributed by atoms with Crippen molar-refractivity contribution in [2.75, 3.05) is 0 Å². The first kappa shape index (κ1) is 10.4. The van der Waals surface area contributed by atoms with Crippen molar-refractivity contribution in [2.45, 2.75) is 26.2 Å². The summed E-state index contributed by atoms with van der Waals surface area (Å²) in [4.78, 5) is 8.83. The maximum Gasteiger partial charge on any atom is 0.546 e. The van der Waals surface area contributed by atoms with E-state index in [-0.39, 0.29) is 5.41 Å². The normalized spacial score (nSPS) is 12.8. The van der Waals surface area contributed by atoms with E-state index in [9.17, 15) is 4.57 Å². The maximum atomic E-state index is 10.7. The second kappa shape index (κ2) is 3.57. The van der Waals surface area contributed by atoms with Crippen LogP contribution in [0.2, 0.25) is 0 Å². The molecule has 0 saturated heterocycles. The molecule has 0 heterocycles. The van der Waals surface area contributed by atoms with Gasteiger partial charge in [-0.15, -0.1) is 0 Å². The molecule has 2 nitrogen and oxygen atoms in total. The Labute approximate surface area is 79.5 Å². The fourth-order valence-electron chi connectivity index (χ4n) is 1.09. The van der Waals surface area contributed by atoms with Crippen LogP contribution < -0.4 is 5.30 Å². The fraction of sp³-hybridized carbons (Fsp3) is 0.400. The van der Waals surface area contributed by atoms with E-state index in [1.54, 1.807) is 12.1 Å². The van der Waals surface area contributed by atoms with Crippen LogP contribution in [-0.2, 0) is 9.98 Å². The van der Waals surface area contributed by atoms with Gasteiger partial charge in [-0.05, 0) is 27.7 Å². The zero-order chi connectivity index (χ0) is 10.1. The van der Waals surface area contributed by atoms with Crippen LogP contribution in [0.1, 0.15) is 26.3 Å². The van der Waals surface area contributed by atoms with E-state index in [1.807, 2.05) is 12.1 Å². The maximum absolute atomic E-state index is 10.7. The average molecular weight is 197 g/mol. The molecular weight excluding hydrogens is 183 g/mol. The molecule has 1 atom stereocenters. The molecule has 0 aromatic heterocycles. The third kappa shape index (κ3) is 2.61. The zero-order valence-electron chi connectivity index (χ0n) is 8.11. The molecule has 3 heteroatoms. The van der Waals surface area contributed by atoms with Crippen LogP contribution in [0.3, 0.4) is 0 Å². The minimum absolute atomic E-state index is 0.0969. The molecule has 1 N–H and O–H groups in total. The Morgan fingerprint density at radius 2 is 1.62 bits per heavy atom. The number of rotatable bonds is 1. The first-order valence-corrected chi connectivity index (χ1v) is 5.39. The number of benzene rings is 1. The van der Waals surface area contributed by atoms with E-state index < -0.39 is 8.03 Å². The third-order valence-electron chi connectivity index (χ3n) is 1.95. The van der Waals surface area contributed by atoms with Crippen molar-refractivity contribution < 1.29 is 9.46 Å². The first-order valence-electron chi connectivity index (χ1n) is 4.18. The molecule has 70 valence electrons. The van der Waals surface area contributed by atoms with Crippen molar-refractivity contribution in [3.8, 4) is 0 Å². The van der Waals surface area contributed by atoms with Gasteiger partial charge in [0.1, 0.15) is 0 Å². The Hall–Kier alpha value is -0.720. The lowest BCUT2D eigenvalue weighted by atomic mass is 9.87. The van der Waals surface area contributed by atoms with Crippen molar-refractivity contribution in [2.24, 2.45) is 0 Å². The van der Waals surface area contributed by atoms with E-state index in [2.05, 4.69) is 20.8 Å². The summed E-state index contributed by atoms with van der Waals surface area (Å²) in [5.41, 5.74) is 1.27. The van der Waals surface area contributed by atoms with Crippen LogP contribution in [0.5, 0.6) is 0 Å². The van der Waals surface area contributed by atoms with Gasteiger partial charge in [-0.1, -0.05) is 32.9 Å². The molecule has 0 fully saturated rings. The quantitative estimate of drug-likeness (QED) is 0.701. The van der Waals surface area contributed by atoms with Gasteiger partial charge in [0, 0.05) is 0 Å². The van der Waals surface area contributed by atoms with Crippen molar-refractivity contribution in [1.29, 1.82) is 0 Å². The average Bonchev–Trinajstić information content (AvgIpc) is 2.03. The topological polar surface area (TPSA) is 37.3 Å². The third-order valence-corrected chi connectivity index (χ3v) is 2.69. The van der Waals surface area contributed by atoms with E-state index in [0.717, 1.165) is 0 Å². The van der Waals surface area contributed by atoms with Gasteiger partial charge in [0.05, 0.1) is 0 Å². The van der Waals surface area contributed by atoms with E-state index >= 15 is 0 Å². The van der Waals surface area contributed by atoms with Gasteiger partial charge >= 0.3 is 8.03 Å². The second-order valence-corrected chi connectivity index (χ2v) is 5.13. The van der Waals surface area contributed by atoms with E-state index in [4.69, 9.17) is 4.89 Å². The van der Waals surface area contributed by atoms with Crippen LogP contribution in [0.4, 0.5) is 0 Å². The minimum atomic E-state index is -2.19. The van der Waals surface area contributed by atoms with Gasteiger partial charge in [0.25, 0.3) is 0 Å². The van der Waals surface area contributed by atoms with Gasteiger partial charge in [-0.25, -0.2) is 0 Å². The van der Waals surface area contributed by atoms with Crippen LogP contribution >= 0.6 is 8.03 Å². The summed E-state index contributed by atoms with van der Waals surface area (Å²) < 4.78 is 10.7. The lowest BCUT2D eigenvalue weighted by Crippen LogP contribution is -2.11. The molecule has 13 heavy (non-hydrogen) atoms. The summed E-state index contributed by atoms with van der Waals surface area (Å²) >= 11 is 0. The molecule has 0 aliphatic carbocycles. The number of hydrogen-bond acceptors (Lipinski definition) is 1. The van der Waals surface area contributed by atoms with Gasteiger partial charge < -0.3 is 0 Å². The molecule has 1 unspecified atom stereocenters. The molecule has 0 bridgehead atoms. The Morgan fingerprint density at radius 3 is 1.92 bits per heavy atom. The molecule has 0 spiro atoms.